The maximum atomic E-state index is 14.6. The van der Waals surface area contributed by atoms with E-state index in [-0.39, 0.29) is 42.0 Å². The Bertz CT molecular complexity index is 1680. The first-order valence-electron chi connectivity index (χ1n) is 15.2. The molecule has 0 aliphatic heterocycles. The van der Waals surface area contributed by atoms with E-state index in [1.807, 2.05) is 74.5 Å². The van der Waals surface area contributed by atoms with Crippen molar-refractivity contribution in [2.45, 2.75) is 44.7 Å². The predicted octanol–water partition coefficient (Wildman–Crippen LogP) is 6.35. The van der Waals surface area contributed by atoms with Gasteiger partial charge in [0.25, 0.3) is 10.0 Å². The number of halogens is 1. The molecule has 0 saturated carbocycles. The summed E-state index contributed by atoms with van der Waals surface area (Å²) in [7, 11) is -4.29. The Morgan fingerprint density at radius 3 is 2.02 bits per heavy atom. The molecule has 4 aromatic rings. The normalized spacial score (nSPS) is 11.9. The summed E-state index contributed by atoms with van der Waals surface area (Å²) in [5, 5.41) is 3.38. The molecule has 4 aromatic carbocycles. The van der Waals surface area contributed by atoms with E-state index in [1.54, 1.807) is 31.2 Å². The van der Waals surface area contributed by atoms with Gasteiger partial charge in [0.05, 0.1) is 17.2 Å². The number of para-hydroxylation sites is 2. The average molecular weight is 662 g/mol. The number of sulfonamides is 1. The number of rotatable bonds is 15. The molecule has 0 radical (unpaired) electrons. The standard InChI is InChI=1S/C36H40ClN3O5S/c1-4-45-34-18-12-11-17-32(34)40(46(43,44)31-21-19-30(37)20-22-31)26-35(41)39(25-29-15-9-6-10-16-29)33(36(42)38-24-27(2)3)23-28-13-7-5-8-14-28/h5-22,27,33H,4,23-26H2,1-3H3,(H,38,42)/t33-/m1/s1. The predicted molar refractivity (Wildman–Crippen MR) is 182 cm³/mol. The third-order valence-corrected chi connectivity index (χ3v) is 9.29. The lowest BCUT2D eigenvalue weighted by molar-refractivity contribution is -0.140. The lowest BCUT2D eigenvalue weighted by Gasteiger charge is -2.34. The van der Waals surface area contributed by atoms with Crippen LogP contribution in [-0.2, 0) is 32.6 Å². The van der Waals surface area contributed by atoms with E-state index in [1.165, 1.54) is 29.2 Å². The third kappa shape index (κ3) is 9.11. The van der Waals surface area contributed by atoms with Crippen LogP contribution in [0.25, 0.3) is 0 Å². The van der Waals surface area contributed by atoms with Gasteiger partial charge in [-0.1, -0.05) is 98.2 Å². The molecule has 8 nitrogen and oxygen atoms in total. The zero-order valence-electron chi connectivity index (χ0n) is 26.3. The molecular weight excluding hydrogens is 622 g/mol. The minimum Gasteiger partial charge on any atom is -0.492 e. The number of carbonyl (C=O) groups excluding carboxylic acids is 2. The Labute approximate surface area is 277 Å². The molecule has 10 heteroatoms. The molecule has 0 heterocycles. The van der Waals surface area contributed by atoms with Gasteiger partial charge in [-0.15, -0.1) is 0 Å². The summed E-state index contributed by atoms with van der Waals surface area (Å²) < 4.78 is 35.4. The number of nitrogens with one attached hydrogen (secondary N) is 1. The van der Waals surface area contributed by atoms with Crippen LogP contribution in [0.4, 0.5) is 5.69 Å². The molecule has 46 heavy (non-hydrogen) atoms. The van der Waals surface area contributed by atoms with E-state index in [9.17, 15) is 18.0 Å². The van der Waals surface area contributed by atoms with Gasteiger partial charge in [0.15, 0.2) is 0 Å². The molecule has 0 spiro atoms. The summed E-state index contributed by atoms with van der Waals surface area (Å²) in [6.07, 6.45) is 0.239. The SMILES string of the molecule is CCOc1ccccc1N(CC(=O)N(Cc1ccccc1)[C@H](Cc1ccccc1)C(=O)NCC(C)C)S(=O)(=O)c1ccc(Cl)cc1. The Morgan fingerprint density at radius 2 is 1.41 bits per heavy atom. The number of hydrogen-bond donors (Lipinski definition) is 1. The molecular formula is C36H40ClN3O5S. The van der Waals surface area contributed by atoms with Gasteiger partial charge in [-0.05, 0) is 60.4 Å². The Hall–Kier alpha value is -4.34. The van der Waals surface area contributed by atoms with Crippen molar-refractivity contribution < 1.29 is 22.7 Å². The van der Waals surface area contributed by atoms with Crippen molar-refractivity contribution in [1.29, 1.82) is 0 Å². The highest BCUT2D eigenvalue weighted by molar-refractivity contribution is 7.92. The maximum absolute atomic E-state index is 14.6. The largest absolute Gasteiger partial charge is 0.492 e. The number of hydrogen-bond acceptors (Lipinski definition) is 5. The number of carbonyl (C=O) groups is 2. The van der Waals surface area contributed by atoms with Gasteiger partial charge in [0.2, 0.25) is 11.8 Å². The van der Waals surface area contributed by atoms with E-state index < -0.39 is 28.5 Å². The van der Waals surface area contributed by atoms with Crippen LogP contribution in [0.5, 0.6) is 5.75 Å². The number of nitrogens with zero attached hydrogens (tertiary/aromatic N) is 2. The second kappa shape index (κ2) is 16.3. The van der Waals surface area contributed by atoms with Gasteiger partial charge in [-0.2, -0.15) is 0 Å². The van der Waals surface area contributed by atoms with Crippen molar-refractivity contribution >= 4 is 39.1 Å². The number of ether oxygens (including phenoxy) is 1. The monoisotopic (exact) mass is 661 g/mol. The molecule has 0 aliphatic rings. The topological polar surface area (TPSA) is 96.0 Å². The fourth-order valence-electron chi connectivity index (χ4n) is 4.94. The number of benzene rings is 4. The van der Waals surface area contributed by atoms with E-state index >= 15 is 0 Å². The second-order valence-corrected chi connectivity index (χ2v) is 13.5. The zero-order chi connectivity index (χ0) is 33.1. The van der Waals surface area contributed by atoms with Gasteiger partial charge < -0.3 is 15.0 Å². The molecule has 0 bridgehead atoms. The van der Waals surface area contributed by atoms with Crippen LogP contribution >= 0.6 is 11.6 Å². The molecule has 1 N–H and O–H groups in total. The molecule has 0 unspecified atom stereocenters. The second-order valence-electron chi connectivity index (χ2n) is 11.2. The van der Waals surface area contributed by atoms with Crippen molar-refractivity contribution in [3.8, 4) is 5.75 Å². The summed E-state index contributed by atoms with van der Waals surface area (Å²) >= 11 is 6.08. The number of amides is 2. The fraction of sp³-hybridized carbons (Fsp3) is 0.278. The molecule has 0 aliphatic carbocycles. The quantitative estimate of drug-likeness (QED) is 0.160. The maximum Gasteiger partial charge on any atom is 0.264 e. The highest BCUT2D eigenvalue weighted by Gasteiger charge is 2.35. The third-order valence-electron chi connectivity index (χ3n) is 7.27. The van der Waals surface area contributed by atoms with Crippen LogP contribution < -0.4 is 14.4 Å². The summed E-state index contributed by atoms with van der Waals surface area (Å²) in [6.45, 7) is 6.01. The highest BCUT2D eigenvalue weighted by atomic mass is 35.5. The summed E-state index contributed by atoms with van der Waals surface area (Å²) in [5.74, 6) is -0.368. The van der Waals surface area contributed by atoms with Crippen LogP contribution in [-0.4, -0.2) is 50.9 Å². The zero-order valence-corrected chi connectivity index (χ0v) is 27.9. The fourth-order valence-corrected chi connectivity index (χ4v) is 6.50. The minimum atomic E-state index is -4.29. The molecule has 2 amide bonds. The Kier molecular flexibility index (Phi) is 12.2. The Balaban J connectivity index is 1.82. The van der Waals surface area contributed by atoms with Crippen LogP contribution in [0.3, 0.4) is 0 Å². The minimum absolute atomic E-state index is 0.0406. The van der Waals surface area contributed by atoms with Crippen LogP contribution in [0.1, 0.15) is 31.9 Å². The van der Waals surface area contributed by atoms with Gasteiger partial charge >= 0.3 is 0 Å². The smallest absolute Gasteiger partial charge is 0.264 e. The van der Waals surface area contributed by atoms with Crippen LogP contribution in [0.15, 0.2) is 114 Å². The first kappa shape index (κ1) is 34.5. The Morgan fingerprint density at radius 1 is 0.826 bits per heavy atom. The van der Waals surface area contributed by atoms with Gasteiger partial charge in [0.1, 0.15) is 18.3 Å². The van der Waals surface area contributed by atoms with E-state index in [4.69, 9.17) is 16.3 Å². The van der Waals surface area contributed by atoms with Crippen molar-refractivity contribution in [2.24, 2.45) is 5.92 Å². The van der Waals surface area contributed by atoms with Crippen LogP contribution in [0.2, 0.25) is 5.02 Å². The van der Waals surface area contributed by atoms with E-state index in [0.29, 0.717) is 17.3 Å². The molecule has 1 atom stereocenters. The molecule has 4 rings (SSSR count). The highest BCUT2D eigenvalue weighted by Crippen LogP contribution is 2.33. The lowest BCUT2D eigenvalue weighted by Crippen LogP contribution is -2.53. The molecule has 242 valence electrons. The lowest BCUT2D eigenvalue weighted by atomic mass is 10.0. The summed E-state index contributed by atoms with van der Waals surface area (Å²) in [5.41, 5.74) is 1.87. The number of anilines is 1. The van der Waals surface area contributed by atoms with Crippen molar-refractivity contribution in [3.63, 3.8) is 0 Å². The van der Waals surface area contributed by atoms with Crippen LogP contribution in [0, 0.1) is 5.92 Å². The average Bonchev–Trinajstić information content (AvgIpc) is 3.05. The first-order valence-corrected chi connectivity index (χ1v) is 17.1. The van der Waals surface area contributed by atoms with Crippen molar-refractivity contribution in [3.05, 3.63) is 125 Å². The molecule has 0 saturated heterocycles. The van der Waals surface area contributed by atoms with Crippen molar-refractivity contribution in [1.82, 2.24) is 10.2 Å². The van der Waals surface area contributed by atoms with Gasteiger partial charge in [-0.3, -0.25) is 13.9 Å². The molecule has 0 fully saturated rings. The molecule has 0 aromatic heterocycles. The summed E-state index contributed by atoms with van der Waals surface area (Å²) in [4.78, 5) is 29.9. The van der Waals surface area contributed by atoms with Gasteiger partial charge in [-0.25, -0.2) is 8.42 Å². The first-order chi connectivity index (χ1) is 22.1. The van der Waals surface area contributed by atoms with E-state index in [2.05, 4.69) is 5.32 Å². The van der Waals surface area contributed by atoms with Gasteiger partial charge in [0, 0.05) is 24.5 Å². The van der Waals surface area contributed by atoms with E-state index in [0.717, 1.165) is 15.4 Å². The van der Waals surface area contributed by atoms with Crippen molar-refractivity contribution in [2.75, 3.05) is 24.0 Å². The summed E-state index contributed by atoms with van der Waals surface area (Å²) in [6, 6.07) is 30.3.